The Morgan fingerprint density at radius 1 is 1.11 bits per heavy atom. The molecule has 5 heteroatoms. The minimum Gasteiger partial charge on any atom is -0.346 e. The first kappa shape index (κ1) is 17.2. The van der Waals surface area contributed by atoms with Crippen LogP contribution in [0.5, 0.6) is 0 Å². The first-order valence-corrected chi connectivity index (χ1v) is 9.93. The molecule has 4 heterocycles. The van der Waals surface area contributed by atoms with Gasteiger partial charge in [-0.25, -0.2) is 4.98 Å². The van der Waals surface area contributed by atoms with Gasteiger partial charge in [-0.15, -0.1) is 0 Å². The van der Waals surface area contributed by atoms with Crippen molar-refractivity contribution in [1.29, 1.82) is 0 Å². The minimum atomic E-state index is 0.870. The van der Waals surface area contributed by atoms with Crippen LogP contribution in [0.4, 0.5) is 0 Å². The Balaban J connectivity index is 1.61. The molecular formula is C23H25N5. The van der Waals surface area contributed by atoms with Crippen molar-refractivity contribution < 1.29 is 0 Å². The zero-order valence-electron chi connectivity index (χ0n) is 16.7. The third kappa shape index (κ3) is 2.83. The van der Waals surface area contributed by atoms with Crippen molar-refractivity contribution in [3.63, 3.8) is 0 Å². The van der Waals surface area contributed by atoms with Gasteiger partial charge >= 0.3 is 0 Å². The van der Waals surface area contributed by atoms with Gasteiger partial charge in [-0.3, -0.25) is 4.68 Å². The lowest BCUT2D eigenvalue weighted by Crippen LogP contribution is -2.27. The van der Waals surface area contributed by atoms with E-state index in [2.05, 4.69) is 60.3 Å². The van der Waals surface area contributed by atoms with Crippen LogP contribution in [0.2, 0.25) is 0 Å². The Kier molecular flexibility index (Phi) is 4.05. The van der Waals surface area contributed by atoms with Crippen LogP contribution >= 0.6 is 0 Å². The van der Waals surface area contributed by atoms with Crippen molar-refractivity contribution >= 4 is 11.0 Å². The molecule has 5 rings (SSSR count). The van der Waals surface area contributed by atoms with Crippen LogP contribution in [-0.4, -0.2) is 38.2 Å². The number of H-pyrrole nitrogens is 1. The standard InChI is InChI=1S/C23H25N5/c1-4-28-14-19(11-26-28)22-12-25-23-21(22)9-17(10-24-23)16-7-15(2)20-5-6-27(3)13-18(20)8-16/h7-12,14H,4-6,13H2,1-3H3,(H,24,25). The molecule has 1 aromatic carbocycles. The summed E-state index contributed by atoms with van der Waals surface area (Å²) in [5, 5.41) is 5.56. The number of likely N-dealkylation sites (N-methyl/N-ethyl adjacent to an activating group) is 1. The maximum Gasteiger partial charge on any atom is 0.137 e. The molecule has 142 valence electrons. The van der Waals surface area contributed by atoms with Crippen molar-refractivity contribution in [3.05, 3.63) is 59.7 Å². The number of aromatic nitrogens is 4. The van der Waals surface area contributed by atoms with Gasteiger partial charge in [0.15, 0.2) is 0 Å². The summed E-state index contributed by atoms with van der Waals surface area (Å²) >= 11 is 0. The summed E-state index contributed by atoms with van der Waals surface area (Å²) < 4.78 is 1.95. The molecule has 0 unspecified atom stereocenters. The summed E-state index contributed by atoms with van der Waals surface area (Å²) in [5.41, 5.74) is 9.95. The number of rotatable bonds is 3. The monoisotopic (exact) mass is 371 g/mol. The van der Waals surface area contributed by atoms with Gasteiger partial charge in [-0.2, -0.15) is 5.10 Å². The SMILES string of the molecule is CCn1cc(-c2c[nH]c3ncc(-c4cc(C)c5c(c4)CN(C)CC5)cc23)cn1. The normalized spacial score (nSPS) is 14.5. The Hall–Kier alpha value is -2.92. The Bertz CT molecular complexity index is 1170. The van der Waals surface area contributed by atoms with E-state index in [0.717, 1.165) is 53.8 Å². The minimum absolute atomic E-state index is 0.870. The van der Waals surface area contributed by atoms with Crippen LogP contribution in [-0.2, 0) is 19.5 Å². The summed E-state index contributed by atoms with van der Waals surface area (Å²) in [4.78, 5) is 10.4. The fourth-order valence-corrected chi connectivity index (χ4v) is 4.30. The second kappa shape index (κ2) is 6.60. The molecule has 4 aromatic rings. The second-order valence-electron chi connectivity index (χ2n) is 7.83. The zero-order valence-corrected chi connectivity index (χ0v) is 16.7. The highest BCUT2D eigenvalue weighted by molar-refractivity contribution is 5.95. The van der Waals surface area contributed by atoms with E-state index in [1.165, 1.54) is 22.3 Å². The highest BCUT2D eigenvalue weighted by Crippen LogP contribution is 2.33. The van der Waals surface area contributed by atoms with Crippen molar-refractivity contribution in [2.45, 2.75) is 33.4 Å². The van der Waals surface area contributed by atoms with Crippen LogP contribution in [0, 0.1) is 6.92 Å². The summed E-state index contributed by atoms with van der Waals surface area (Å²) in [6.45, 7) is 7.36. The van der Waals surface area contributed by atoms with Crippen molar-refractivity contribution in [2.24, 2.45) is 0 Å². The van der Waals surface area contributed by atoms with Crippen LogP contribution < -0.4 is 0 Å². The zero-order chi connectivity index (χ0) is 19.3. The van der Waals surface area contributed by atoms with Crippen LogP contribution in [0.1, 0.15) is 23.6 Å². The molecule has 0 amide bonds. The molecule has 0 atom stereocenters. The lowest BCUT2D eigenvalue weighted by Gasteiger charge is -2.27. The van der Waals surface area contributed by atoms with E-state index in [1.54, 1.807) is 0 Å². The summed E-state index contributed by atoms with van der Waals surface area (Å²) in [6, 6.07) is 6.92. The van der Waals surface area contributed by atoms with E-state index < -0.39 is 0 Å². The van der Waals surface area contributed by atoms with Gasteiger partial charge in [0.05, 0.1) is 6.20 Å². The molecule has 0 radical (unpaired) electrons. The van der Waals surface area contributed by atoms with Crippen LogP contribution in [0.25, 0.3) is 33.3 Å². The van der Waals surface area contributed by atoms with Crippen LogP contribution in [0.3, 0.4) is 0 Å². The predicted molar refractivity (Wildman–Crippen MR) is 113 cm³/mol. The Morgan fingerprint density at radius 3 is 2.82 bits per heavy atom. The number of nitrogens with zero attached hydrogens (tertiary/aromatic N) is 4. The molecule has 1 aliphatic heterocycles. The number of aryl methyl sites for hydroxylation is 2. The van der Waals surface area contributed by atoms with Crippen molar-refractivity contribution in [3.8, 4) is 22.3 Å². The van der Waals surface area contributed by atoms with Gasteiger partial charge in [-0.1, -0.05) is 6.07 Å². The third-order valence-corrected chi connectivity index (χ3v) is 5.88. The van der Waals surface area contributed by atoms with E-state index in [9.17, 15) is 0 Å². The number of hydrogen-bond donors (Lipinski definition) is 1. The van der Waals surface area contributed by atoms with E-state index in [4.69, 9.17) is 4.98 Å². The molecule has 0 bridgehead atoms. The van der Waals surface area contributed by atoms with Crippen LogP contribution in [0.15, 0.2) is 43.0 Å². The molecule has 0 fully saturated rings. The number of aromatic amines is 1. The smallest absolute Gasteiger partial charge is 0.137 e. The van der Waals surface area contributed by atoms with E-state index in [-0.39, 0.29) is 0 Å². The van der Waals surface area contributed by atoms with Gasteiger partial charge in [0.2, 0.25) is 0 Å². The van der Waals surface area contributed by atoms with E-state index in [1.807, 2.05) is 23.3 Å². The maximum atomic E-state index is 4.69. The fourth-order valence-electron chi connectivity index (χ4n) is 4.30. The fraction of sp³-hybridized carbons (Fsp3) is 0.304. The number of fused-ring (bicyclic) bond motifs is 2. The first-order chi connectivity index (χ1) is 13.6. The van der Waals surface area contributed by atoms with Crippen molar-refractivity contribution in [1.82, 2.24) is 24.6 Å². The highest BCUT2D eigenvalue weighted by atomic mass is 15.3. The van der Waals surface area contributed by atoms with E-state index >= 15 is 0 Å². The van der Waals surface area contributed by atoms with Crippen molar-refractivity contribution in [2.75, 3.05) is 13.6 Å². The third-order valence-electron chi connectivity index (χ3n) is 5.88. The molecule has 28 heavy (non-hydrogen) atoms. The highest BCUT2D eigenvalue weighted by Gasteiger charge is 2.17. The molecule has 3 aromatic heterocycles. The lowest BCUT2D eigenvalue weighted by atomic mass is 9.91. The number of hydrogen-bond acceptors (Lipinski definition) is 3. The number of benzene rings is 1. The van der Waals surface area contributed by atoms with E-state index in [0.29, 0.717) is 0 Å². The van der Waals surface area contributed by atoms with Gasteiger partial charge in [0.25, 0.3) is 0 Å². The topological polar surface area (TPSA) is 49.7 Å². The quantitative estimate of drug-likeness (QED) is 0.580. The number of nitrogens with one attached hydrogen (secondary N) is 1. The molecule has 0 saturated heterocycles. The van der Waals surface area contributed by atoms with Gasteiger partial charge < -0.3 is 9.88 Å². The predicted octanol–water partition coefficient (Wildman–Crippen LogP) is 4.41. The summed E-state index contributed by atoms with van der Waals surface area (Å²) in [6.07, 6.45) is 9.17. The molecule has 0 saturated carbocycles. The average molecular weight is 371 g/mol. The first-order valence-electron chi connectivity index (χ1n) is 9.93. The Morgan fingerprint density at radius 2 is 2.00 bits per heavy atom. The molecule has 0 aliphatic carbocycles. The lowest BCUT2D eigenvalue weighted by molar-refractivity contribution is 0.312. The molecule has 1 aliphatic rings. The molecular weight excluding hydrogens is 346 g/mol. The van der Waals surface area contributed by atoms with Gasteiger partial charge in [0.1, 0.15) is 5.65 Å². The number of pyridine rings is 1. The molecule has 0 spiro atoms. The second-order valence-corrected chi connectivity index (χ2v) is 7.83. The maximum absolute atomic E-state index is 4.69. The van der Waals surface area contributed by atoms with Gasteiger partial charge in [-0.05, 0) is 61.7 Å². The summed E-state index contributed by atoms with van der Waals surface area (Å²) in [5.74, 6) is 0. The Labute approximate surface area is 165 Å². The molecule has 1 N–H and O–H groups in total. The summed E-state index contributed by atoms with van der Waals surface area (Å²) in [7, 11) is 2.20. The molecule has 5 nitrogen and oxygen atoms in total. The average Bonchev–Trinajstić information content (AvgIpc) is 3.33. The largest absolute Gasteiger partial charge is 0.346 e. The van der Waals surface area contributed by atoms with Gasteiger partial charge in [0, 0.05) is 60.3 Å².